The summed E-state index contributed by atoms with van der Waals surface area (Å²) in [6.07, 6.45) is 7.30. The summed E-state index contributed by atoms with van der Waals surface area (Å²) in [6.45, 7) is 1.15. The SMILES string of the molecule is Nc1ccc(C(=O)C2CCC34CN=NC3(C=CC=N4)NC2)cc1. The highest BCUT2D eigenvalue weighted by Gasteiger charge is 2.56. The van der Waals surface area contributed by atoms with Crippen LogP contribution in [0.1, 0.15) is 23.2 Å². The highest BCUT2D eigenvalue weighted by atomic mass is 16.1. The molecule has 0 bridgehead atoms. The number of hydrogen-bond acceptors (Lipinski definition) is 6. The van der Waals surface area contributed by atoms with Gasteiger partial charge in [0.25, 0.3) is 0 Å². The lowest BCUT2D eigenvalue weighted by molar-refractivity contribution is 0.0913. The first-order chi connectivity index (χ1) is 11.1. The van der Waals surface area contributed by atoms with E-state index in [1.165, 1.54) is 0 Å². The Morgan fingerprint density at radius 1 is 1.30 bits per heavy atom. The van der Waals surface area contributed by atoms with E-state index in [4.69, 9.17) is 5.73 Å². The summed E-state index contributed by atoms with van der Waals surface area (Å²) in [7, 11) is 0. The van der Waals surface area contributed by atoms with Gasteiger partial charge in [-0.15, -0.1) is 0 Å². The molecule has 6 heteroatoms. The van der Waals surface area contributed by atoms with Gasteiger partial charge in [-0.1, -0.05) is 0 Å². The topological polar surface area (TPSA) is 92.2 Å². The lowest BCUT2D eigenvalue weighted by atomic mass is 9.80. The maximum atomic E-state index is 12.8. The molecule has 3 N–H and O–H groups in total. The van der Waals surface area contributed by atoms with Crippen LogP contribution in [-0.2, 0) is 0 Å². The Kier molecular flexibility index (Phi) is 3.16. The van der Waals surface area contributed by atoms with E-state index in [0.717, 1.165) is 12.8 Å². The number of nitrogens with zero attached hydrogens (tertiary/aromatic N) is 3. The number of nitrogen functional groups attached to an aromatic ring is 1. The van der Waals surface area contributed by atoms with E-state index < -0.39 is 5.66 Å². The number of aliphatic imine (C=N–C) groups is 1. The van der Waals surface area contributed by atoms with Crippen LogP contribution in [0.25, 0.3) is 0 Å². The summed E-state index contributed by atoms with van der Waals surface area (Å²) in [5, 5.41) is 12.1. The quantitative estimate of drug-likeness (QED) is 0.646. The van der Waals surface area contributed by atoms with Crippen LogP contribution in [0.15, 0.2) is 51.6 Å². The molecule has 0 aromatic heterocycles. The predicted molar refractivity (Wildman–Crippen MR) is 88.7 cm³/mol. The number of benzene rings is 1. The van der Waals surface area contributed by atoms with Crippen LogP contribution >= 0.6 is 0 Å². The molecule has 3 aliphatic heterocycles. The molecule has 6 nitrogen and oxygen atoms in total. The summed E-state index contributed by atoms with van der Waals surface area (Å²) in [4.78, 5) is 17.5. The molecule has 0 radical (unpaired) electrons. The van der Waals surface area contributed by atoms with Gasteiger partial charge >= 0.3 is 0 Å². The molecule has 0 aliphatic carbocycles. The van der Waals surface area contributed by atoms with Crippen molar-refractivity contribution in [2.24, 2.45) is 21.1 Å². The number of anilines is 1. The van der Waals surface area contributed by atoms with Gasteiger partial charge in [0.1, 0.15) is 5.54 Å². The largest absolute Gasteiger partial charge is 0.399 e. The van der Waals surface area contributed by atoms with Crippen molar-refractivity contribution in [1.82, 2.24) is 5.32 Å². The molecule has 1 saturated heterocycles. The van der Waals surface area contributed by atoms with Gasteiger partial charge in [-0.25, -0.2) is 0 Å². The van der Waals surface area contributed by atoms with Crippen molar-refractivity contribution in [3.63, 3.8) is 0 Å². The van der Waals surface area contributed by atoms with Gasteiger partial charge in [-0.2, -0.15) is 10.2 Å². The van der Waals surface area contributed by atoms with Crippen LogP contribution in [0.2, 0.25) is 0 Å². The fraction of sp³-hybridized carbons (Fsp3) is 0.412. The molecule has 3 atom stereocenters. The highest BCUT2D eigenvalue weighted by Crippen LogP contribution is 2.43. The third-order valence-electron chi connectivity index (χ3n) is 5.11. The molecule has 1 fully saturated rings. The van der Waals surface area contributed by atoms with E-state index in [0.29, 0.717) is 24.3 Å². The van der Waals surface area contributed by atoms with Gasteiger partial charge in [-0.05, 0) is 49.3 Å². The van der Waals surface area contributed by atoms with Crippen molar-refractivity contribution in [1.29, 1.82) is 0 Å². The van der Waals surface area contributed by atoms with Crippen LogP contribution in [-0.4, -0.2) is 36.3 Å². The van der Waals surface area contributed by atoms with Crippen LogP contribution < -0.4 is 11.1 Å². The number of azo groups is 1. The first-order valence-corrected chi connectivity index (χ1v) is 7.91. The highest BCUT2D eigenvalue weighted by molar-refractivity contribution is 5.98. The third kappa shape index (κ3) is 2.13. The number of nitrogens with one attached hydrogen (secondary N) is 1. The molecule has 23 heavy (non-hydrogen) atoms. The molecule has 0 amide bonds. The van der Waals surface area contributed by atoms with Crippen LogP contribution in [0.5, 0.6) is 0 Å². The maximum Gasteiger partial charge on any atom is 0.177 e. The zero-order valence-corrected chi connectivity index (χ0v) is 12.8. The van der Waals surface area contributed by atoms with E-state index in [-0.39, 0.29) is 17.2 Å². The number of carbonyl (C=O) groups excluding carboxylic acids is 1. The van der Waals surface area contributed by atoms with Gasteiger partial charge in [-0.3, -0.25) is 15.1 Å². The number of allylic oxidation sites excluding steroid dienone is 1. The first-order valence-electron chi connectivity index (χ1n) is 7.91. The second-order valence-corrected chi connectivity index (χ2v) is 6.44. The Balaban J connectivity index is 1.59. The van der Waals surface area contributed by atoms with Crippen molar-refractivity contribution in [3.05, 3.63) is 42.0 Å². The van der Waals surface area contributed by atoms with Crippen LogP contribution in [0.3, 0.4) is 0 Å². The molecule has 3 aliphatic rings. The number of ketones is 1. The monoisotopic (exact) mass is 309 g/mol. The van der Waals surface area contributed by atoms with E-state index in [2.05, 4.69) is 20.5 Å². The standard InChI is InChI=1S/C17H19N5O/c18-14-4-2-12(3-5-14)15(23)13-6-8-16-11-21-22-17(16,20-10-13)7-1-9-19-16/h1-5,7,9,13,20H,6,8,10-11,18H2. The number of Topliss-reactive ketones (excluding diaryl/α,β-unsaturated/α-hetero) is 1. The Labute approximate surface area is 134 Å². The summed E-state index contributed by atoms with van der Waals surface area (Å²) in [5.41, 5.74) is 6.11. The Morgan fingerprint density at radius 2 is 2.13 bits per heavy atom. The molecule has 3 unspecified atom stereocenters. The van der Waals surface area contributed by atoms with Crippen LogP contribution in [0, 0.1) is 5.92 Å². The third-order valence-corrected chi connectivity index (χ3v) is 5.11. The Morgan fingerprint density at radius 3 is 2.96 bits per heavy atom. The van der Waals surface area contributed by atoms with Gasteiger partial charge < -0.3 is 5.73 Å². The summed E-state index contributed by atoms with van der Waals surface area (Å²) in [5.74, 6) is 0.0572. The minimum Gasteiger partial charge on any atom is -0.399 e. The number of hydrogen-bond donors (Lipinski definition) is 2. The van der Waals surface area contributed by atoms with Crippen molar-refractivity contribution in [2.75, 3.05) is 18.8 Å². The van der Waals surface area contributed by atoms with Gasteiger partial charge in [0, 0.05) is 29.9 Å². The molecular formula is C17H19N5O. The van der Waals surface area contributed by atoms with Gasteiger partial charge in [0.2, 0.25) is 0 Å². The van der Waals surface area contributed by atoms with E-state index >= 15 is 0 Å². The van der Waals surface area contributed by atoms with E-state index in [1.54, 1.807) is 24.3 Å². The summed E-state index contributed by atoms with van der Waals surface area (Å²) >= 11 is 0. The molecule has 3 heterocycles. The number of carbonyl (C=O) groups is 1. The second-order valence-electron chi connectivity index (χ2n) is 6.44. The first kappa shape index (κ1) is 14.3. The zero-order valence-electron chi connectivity index (χ0n) is 12.8. The van der Waals surface area contributed by atoms with Crippen molar-refractivity contribution >= 4 is 17.7 Å². The molecule has 1 aromatic rings. The molecule has 118 valence electrons. The number of rotatable bonds is 2. The number of nitrogens with two attached hydrogens (primary N) is 1. The van der Waals surface area contributed by atoms with Crippen molar-refractivity contribution in [2.45, 2.75) is 24.0 Å². The Bertz CT molecular complexity index is 723. The summed E-state index contributed by atoms with van der Waals surface area (Å²) < 4.78 is 0. The fourth-order valence-electron chi connectivity index (χ4n) is 3.67. The average Bonchev–Trinajstić information content (AvgIpc) is 2.86. The maximum absolute atomic E-state index is 12.8. The van der Waals surface area contributed by atoms with Crippen LogP contribution in [0.4, 0.5) is 5.69 Å². The predicted octanol–water partition coefficient (Wildman–Crippen LogP) is 1.99. The minimum absolute atomic E-state index is 0.0881. The lowest BCUT2D eigenvalue weighted by Crippen LogP contribution is -2.58. The molecule has 0 spiro atoms. The molecule has 1 aromatic carbocycles. The zero-order chi connectivity index (χ0) is 15.9. The molecular weight excluding hydrogens is 290 g/mol. The Hall–Kier alpha value is -2.34. The molecule has 4 rings (SSSR count). The minimum atomic E-state index is -0.585. The normalized spacial score (nSPS) is 34.7. The summed E-state index contributed by atoms with van der Waals surface area (Å²) in [6, 6.07) is 7.13. The fourth-order valence-corrected chi connectivity index (χ4v) is 3.67. The number of dihydropyridines is 1. The molecule has 0 saturated carbocycles. The van der Waals surface area contributed by atoms with E-state index in [9.17, 15) is 4.79 Å². The van der Waals surface area contributed by atoms with Gasteiger partial charge in [0.15, 0.2) is 11.4 Å². The second kappa shape index (κ2) is 5.09. The smallest absolute Gasteiger partial charge is 0.177 e. The average molecular weight is 309 g/mol. The lowest BCUT2D eigenvalue weighted by Gasteiger charge is -2.38. The van der Waals surface area contributed by atoms with Crippen molar-refractivity contribution in [3.8, 4) is 0 Å². The van der Waals surface area contributed by atoms with E-state index in [1.807, 2.05) is 18.4 Å². The van der Waals surface area contributed by atoms with Gasteiger partial charge in [0.05, 0.1) is 6.54 Å². The van der Waals surface area contributed by atoms with Crippen molar-refractivity contribution < 1.29 is 4.79 Å².